The number of hydrogen-bond acceptors (Lipinski definition) is 6. The van der Waals surface area contributed by atoms with Crippen molar-refractivity contribution in [2.75, 3.05) is 19.8 Å². The molecule has 0 saturated heterocycles. The van der Waals surface area contributed by atoms with Crippen LogP contribution in [0.2, 0.25) is 0 Å². The third-order valence-electron chi connectivity index (χ3n) is 4.32. The fraction of sp³-hybridized carbons (Fsp3) is 0.833. The first-order valence-corrected chi connectivity index (χ1v) is 8.70. The Morgan fingerprint density at radius 1 is 1.20 bits per heavy atom. The maximum absolute atomic E-state index is 12.0. The quantitative estimate of drug-likeness (QED) is 0.328. The van der Waals surface area contributed by atoms with Gasteiger partial charge in [-0.05, 0) is 30.1 Å². The summed E-state index contributed by atoms with van der Waals surface area (Å²) in [5.41, 5.74) is -0.139. The highest BCUT2D eigenvalue weighted by Crippen LogP contribution is 2.46. The molecule has 1 saturated carbocycles. The van der Waals surface area contributed by atoms with E-state index in [1.165, 1.54) is 0 Å². The van der Waals surface area contributed by atoms with Crippen LogP contribution in [0.4, 0.5) is 4.79 Å². The Kier molecular flexibility index (Phi) is 7.61. The number of hydrogen-bond donors (Lipinski definition) is 1. The Labute approximate surface area is 149 Å². The van der Waals surface area contributed by atoms with E-state index in [4.69, 9.17) is 9.47 Å². The van der Waals surface area contributed by atoms with Crippen molar-refractivity contribution in [3.63, 3.8) is 0 Å². The average molecular weight is 354 g/mol. The normalized spacial score (nSPS) is 25.0. The van der Waals surface area contributed by atoms with Gasteiger partial charge < -0.3 is 14.8 Å². The highest BCUT2D eigenvalue weighted by atomic mass is 16.6. The number of alkyl carbamates (subject to hydrolysis) is 1. The van der Waals surface area contributed by atoms with Gasteiger partial charge in [0.25, 0.3) is 0 Å². The van der Waals surface area contributed by atoms with Crippen LogP contribution in [0.1, 0.15) is 53.9 Å². The lowest BCUT2D eigenvalue weighted by Gasteiger charge is -2.45. The minimum absolute atomic E-state index is 0.0209. The average Bonchev–Trinajstić information content (AvgIpc) is 2.47. The topological polar surface area (TPSA) is 94.1 Å². The highest BCUT2D eigenvalue weighted by Gasteiger charge is 2.41. The first kappa shape index (κ1) is 21.2. The van der Waals surface area contributed by atoms with Crippen LogP contribution in [0.15, 0.2) is 4.99 Å². The van der Waals surface area contributed by atoms with Gasteiger partial charge in [-0.2, -0.15) is 0 Å². The van der Waals surface area contributed by atoms with Crippen LogP contribution < -0.4 is 5.32 Å². The molecule has 1 fully saturated rings. The molecule has 7 nitrogen and oxygen atoms in total. The van der Waals surface area contributed by atoms with E-state index in [-0.39, 0.29) is 42.0 Å². The summed E-state index contributed by atoms with van der Waals surface area (Å²) in [4.78, 5) is 37.5. The summed E-state index contributed by atoms with van der Waals surface area (Å²) in [6.45, 7) is 10.3. The van der Waals surface area contributed by atoms with Crippen molar-refractivity contribution in [2.24, 2.45) is 21.7 Å². The van der Waals surface area contributed by atoms with Crippen LogP contribution in [0.3, 0.4) is 0 Å². The van der Waals surface area contributed by atoms with Crippen molar-refractivity contribution in [1.82, 2.24) is 5.32 Å². The molecule has 1 amide bonds. The van der Waals surface area contributed by atoms with E-state index in [1.54, 1.807) is 19.9 Å². The molecular formula is C18H30N2O5. The van der Waals surface area contributed by atoms with Gasteiger partial charge >= 0.3 is 12.1 Å². The molecule has 2 atom stereocenters. The molecule has 0 aromatic carbocycles. The number of isocyanates is 1. The molecule has 0 bridgehead atoms. The number of rotatable bonds is 7. The van der Waals surface area contributed by atoms with Gasteiger partial charge in [0, 0.05) is 6.04 Å². The molecule has 1 aliphatic rings. The van der Waals surface area contributed by atoms with E-state index in [9.17, 15) is 14.4 Å². The van der Waals surface area contributed by atoms with Crippen molar-refractivity contribution < 1.29 is 23.9 Å². The van der Waals surface area contributed by atoms with E-state index in [0.717, 1.165) is 19.3 Å². The number of aliphatic imine (C=N–C) groups is 1. The second kappa shape index (κ2) is 8.99. The number of carbonyl (C=O) groups excluding carboxylic acids is 3. The van der Waals surface area contributed by atoms with E-state index in [2.05, 4.69) is 31.1 Å². The molecule has 1 N–H and O–H groups in total. The van der Waals surface area contributed by atoms with Crippen molar-refractivity contribution in [3.8, 4) is 0 Å². The smallest absolute Gasteiger partial charge is 0.407 e. The van der Waals surface area contributed by atoms with Gasteiger partial charge in [-0.15, -0.1) is 0 Å². The second-order valence-corrected chi connectivity index (χ2v) is 8.27. The number of amides is 1. The molecule has 0 heterocycles. The van der Waals surface area contributed by atoms with Crippen molar-refractivity contribution >= 4 is 18.1 Å². The molecule has 7 heteroatoms. The maximum Gasteiger partial charge on any atom is 0.407 e. The van der Waals surface area contributed by atoms with Gasteiger partial charge in [0.05, 0.1) is 12.5 Å². The monoisotopic (exact) mass is 354 g/mol. The lowest BCUT2D eigenvalue weighted by molar-refractivity contribution is -0.148. The van der Waals surface area contributed by atoms with Gasteiger partial charge in [0.15, 0.2) is 0 Å². The highest BCUT2D eigenvalue weighted by molar-refractivity contribution is 5.71. The van der Waals surface area contributed by atoms with Gasteiger partial charge in [-0.25, -0.2) is 14.6 Å². The van der Waals surface area contributed by atoms with Crippen LogP contribution in [0, 0.1) is 16.7 Å². The molecular weight excluding hydrogens is 324 g/mol. The molecule has 0 aromatic rings. The Hall–Kier alpha value is -1.88. The zero-order valence-electron chi connectivity index (χ0n) is 15.9. The summed E-state index contributed by atoms with van der Waals surface area (Å²) in [6.07, 6.45) is 3.54. The molecule has 142 valence electrons. The molecule has 0 aromatic heterocycles. The lowest BCUT2D eigenvalue weighted by Crippen LogP contribution is -2.48. The minimum Gasteiger partial charge on any atom is -0.462 e. The molecule has 0 radical (unpaired) electrons. The van der Waals surface area contributed by atoms with E-state index in [1.807, 2.05) is 0 Å². The van der Waals surface area contributed by atoms with E-state index < -0.39 is 6.09 Å². The first-order valence-electron chi connectivity index (χ1n) is 8.70. The first-order chi connectivity index (χ1) is 11.6. The zero-order valence-corrected chi connectivity index (χ0v) is 15.9. The summed E-state index contributed by atoms with van der Waals surface area (Å²) in [5, 5.41) is 2.88. The van der Waals surface area contributed by atoms with Crippen molar-refractivity contribution in [2.45, 2.75) is 59.9 Å². The molecule has 0 spiro atoms. The largest absolute Gasteiger partial charge is 0.462 e. The summed E-state index contributed by atoms with van der Waals surface area (Å²) in [6, 6.07) is -0.0543. The SMILES string of the molecule is CC(C)C(=O)OCCOC(=O)NC1CC(C)(C)CC(C)(CN=C=O)C1. The van der Waals surface area contributed by atoms with Crippen LogP contribution >= 0.6 is 0 Å². The molecule has 1 rings (SSSR count). The maximum atomic E-state index is 12.0. The number of nitrogens with zero attached hydrogens (tertiary/aromatic N) is 1. The number of ether oxygens (including phenoxy) is 2. The van der Waals surface area contributed by atoms with Crippen LogP contribution in [0.25, 0.3) is 0 Å². The van der Waals surface area contributed by atoms with E-state index >= 15 is 0 Å². The Bertz CT molecular complexity index is 526. The third kappa shape index (κ3) is 7.69. The van der Waals surface area contributed by atoms with Crippen LogP contribution in [0.5, 0.6) is 0 Å². The predicted octanol–water partition coefficient (Wildman–Crippen LogP) is 2.83. The second-order valence-electron chi connectivity index (χ2n) is 8.27. The van der Waals surface area contributed by atoms with Gasteiger partial charge in [0.1, 0.15) is 13.2 Å². The molecule has 1 aliphatic carbocycles. The summed E-state index contributed by atoms with van der Waals surface area (Å²) >= 11 is 0. The fourth-order valence-corrected chi connectivity index (χ4v) is 3.73. The fourth-order valence-electron chi connectivity index (χ4n) is 3.73. The number of carbonyl (C=O) groups is 2. The summed E-state index contributed by atoms with van der Waals surface area (Å²) < 4.78 is 10.0. The molecule has 0 aliphatic heterocycles. The predicted molar refractivity (Wildman–Crippen MR) is 92.8 cm³/mol. The Morgan fingerprint density at radius 2 is 1.84 bits per heavy atom. The number of nitrogens with one attached hydrogen (secondary N) is 1. The Morgan fingerprint density at radius 3 is 2.44 bits per heavy atom. The third-order valence-corrected chi connectivity index (χ3v) is 4.32. The summed E-state index contributed by atoms with van der Waals surface area (Å²) in [7, 11) is 0. The zero-order chi connectivity index (χ0) is 19.1. The number of esters is 1. The van der Waals surface area contributed by atoms with Crippen LogP contribution in [-0.4, -0.2) is 43.9 Å². The van der Waals surface area contributed by atoms with Crippen molar-refractivity contribution in [1.29, 1.82) is 0 Å². The van der Waals surface area contributed by atoms with Gasteiger partial charge in [-0.3, -0.25) is 4.79 Å². The van der Waals surface area contributed by atoms with Gasteiger partial charge in [0.2, 0.25) is 6.08 Å². The van der Waals surface area contributed by atoms with Crippen molar-refractivity contribution in [3.05, 3.63) is 0 Å². The Balaban J connectivity index is 2.47. The lowest BCUT2D eigenvalue weighted by atomic mass is 9.62. The standard InChI is InChI=1S/C18H30N2O5/c1-13(2)15(22)24-6-7-25-16(23)20-14-8-17(3,4)10-18(5,9-14)11-19-12-21/h13-14H,6-11H2,1-5H3,(H,20,23). The van der Waals surface area contributed by atoms with Crippen LogP contribution in [-0.2, 0) is 19.1 Å². The molecule has 2 unspecified atom stereocenters. The van der Waals surface area contributed by atoms with Gasteiger partial charge in [-0.1, -0.05) is 34.6 Å². The minimum atomic E-state index is -0.524. The molecule has 25 heavy (non-hydrogen) atoms. The summed E-state index contributed by atoms with van der Waals surface area (Å²) in [5.74, 6) is -0.519. The van der Waals surface area contributed by atoms with E-state index in [0.29, 0.717) is 6.54 Å².